The summed E-state index contributed by atoms with van der Waals surface area (Å²) in [6.07, 6.45) is 17.6. The normalized spacial score (nSPS) is 13.8. The lowest BCUT2D eigenvalue weighted by molar-refractivity contribution is 0.145. The van der Waals surface area contributed by atoms with Gasteiger partial charge in [0.1, 0.15) is 37.1 Å². The summed E-state index contributed by atoms with van der Waals surface area (Å²) in [5, 5.41) is 34.4. The van der Waals surface area contributed by atoms with Gasteiger partial charge in [0.15, 0.2) is 16.8 Å². The number of hydrogen-bond donors (Lipinski definition) is 3. The number of hydrogen-bond acceptors (Lipinski definition) is 6. The molecule has 0 saturated heterocycles. The first-order valence-electron chi connectivity index (χ1n) is 20.5. The van der Waals surface area contributed by atoms with Gasteiger partial charge in [-0.2, -0.15) is 0 Å². The second-order valence-corrected chi connectivity index (χ2v) is 15.4. The highest BCUT2D eigenvalue weighted by Gasteiger charge is 2.31. The molecule has 0 radical (unpaired) electrons. The van der Waals surface area contributed by atoms with Crippen molar-refractivity contribution in [2.45, 2.75) is 57.4 Å². The first-order valence-corrected chi connectivity index (χ1v) is 20.5. The molecule has 0 fully saturated rings. The van der Waals surface area contributed by atoms with Gasteiger partial charge < -0.3 is 29.5 Å². The Hall–Kier alpha value is -7.50. The van der Waals surface area contributed by atoms with Gasteiger partial charge in [0.2, 0.25) is 0 Å². The Bertz CT molecular complexity index is 2470. The van der Waals surface area contributed by atoms with Gasteiger partial charge in [-0.05, 0) is 90.6 Å². The number of aliphatic hydroxyl groups is 3. The Morgan fingerprint density at radius 3 is 0.762 bits per heavy atom. The van der Waals surface area contributed by atoms with E-state index in [-0.39, 0.29) is 19.8 Å². The van der Waals surface area contributed by atoms with Crippen molar-refractivity contribution in [3.63, 3.8) is 0 Å². The van der Waals surface area contributed by atoms with Gasteiger partial charge in [-0.25, -0.2) is 0 Å². The summed E-state index contributed by atoms with van der Waals surface area (Å²) in [6.45, 7) is 6.91. The first kappa shape index (κ1) is 43.6. The average Bonchev–Trinajstić information content (AvgIpc) is 3.34. The molecule has 0 spiro atoms. The van der Waals surface area contributed by atoms with Gasteiger partial charge in [0.25, 0.3) is 0 Å². The van der Waals surface area contributed by atoms with Crippen LogP contribution < -0.4 is 14.2 Å². The van der Waals surface area contributed by atoms with E-state index >= 15 is 0 Å². The smallest absolute Gasteiger partial charge is 0.176 e. The fraction of sp³-hybridized carbons (Fsp3) is 0.158. The van der Waals surface area contributed by atoms with Gasteiger partial charge in [-0.1, -0.05) is 145 Å². The van der Waals surface area contributed by atoms with Crippen LogP contribution in [-0.2, 0) is 36.6 Å². The van der Waals surface area contributed by atoms with Crippen LogP contribution in [0.3, 0.4) is 0 Å². The standard InChI is InChI=1S/C57H48O6/c1-7-55(58,43-19-13-10-14-20-43)46-25-31-49(32-26-46)61-37-52-40(4)53(38-62-50-33-27-47(28-34-50)56(59,8-2)44-21-15-11-16-22-44)42(6)54(41(52)5)39-63-51-35-29-48(30-36-51)57(60,9-3)45-23-17-12-18-24-45/h1-3,10-36,58-60H,37-39H2,4-6H3. The maximum atomic E-state index is 11.5. The molecule has 0 heterocycles. The fourth-order valence-corrected chi connectivity index (χ4v) is 7.92. The van der Waals surface area contributed by atoms with E-state index in [1.807, 2.05) is 54.6 Å². The Kier molecular flexibility index (Phi) is 12.9. The summed E-state index contributed by atoms with van der Waals surface area (Å²) >= 11 is 0. The van der Waals surface area contributed by atoms with E-state index < -0.39 is 16.8 Å². The van der Waals surface area contributed by atoms with Crippen molar-refractivity contribution in [1.29, 1.82) is 0 Å². The zero-order valence-electron chi connectivity index (χ0n) is 35.5. The predicted molar refractivity (Wildman–Crippen MR) is 248 cm³/mol. The Balaban J connectivity index is 1.16. The van der Waals surface area contributed by atoms with Crippen LogP contribution in [0.1, 0.15) is 66.8 Å². The maximum Gasteiger partial charge on any atom is 0.176 e. The van der Waals surface area contributed by atoms with Gasteiger partial charge in [-0.15, -0.1) is 19.3 Å². The average molecular weight is 829 g/mol. The van der Waals surface area contributed by atoms with Crippen molar-refractivity contribution < 1.29 is 29.5 Å². The number of ether oxygens (including phenoxy) is 3. The van der Waals surface area contributed by atoms with Crippen molar-refractivity contribution in [1.82, 2.24) is 0 Å². The van der Waals surface area contributed by atoms with Gasteiger partial charge in [0.05, 0.1) is 0 Å². The van der Waals surface area contributed by atoms with E-state index in [2.05, 4.69) is 38.5 Å². The lowest BCUT2D eigenvalue weighted by Crippen LogP contribution is -2.24. The molecular formula is C57H48O6. The number of benzene rings is 7. The van der Waals surface area contributed by atoms with Gasteiger partial charge in [-0.3, -0.25) is 0 Å². The van der Waals surface area contributed by atoms with E-state index in [9.17, 15) is 15.3 Å². The minimum absolute atomic E-state index is 0.243. The largest absolute Gasteiger partial charge is 0.489 e. The van der Waals surface area contributed by atoms with E-state index in [1.165, 1.54) is 0 Å². The summed E-state index contributed by atoms with van der Waals surface area (Å²) < 4.78 is 19.3. The molecule has 0 aromatic heterocycles. The minimum atomic E-state index is -1.59. The second kappa shape index (κ2) is 18.6. The van der Waals surface area contributed by atoms with Crippen LogP contribution in [0.25, 0.3) is 0 Å². The molecule has 7 aromatic rings. The van der Waals surface area contributed by atoms with Crippen LogP contribution in [-0.4, -0.2) is 15.3 Å². The molecule has 3 N–H and O–H groups in total. The van der Waals surface area contributed by atoms with Crippen LogP contribution >= 0.6 is 0 Å². The Morgan fingerprint density at radius 2 is 0.556 bits per heavy atom. The summed E-state index contributed by atoms with van der Waals surface area (Å²) in [5.74, 6) is 9.49. The zero-order chi connectivity index (χ0) is 44.6. The summed E-state index contributed by atoms with van der Waals surface area (Å²) in [5.41, 5.74) is 4.64. The Labute approximate surface area is 370 Å². The topological polar surface area (TPSA) is 88.4 Å². The SMILES string of the molecule is C#CC(O)(c1ccccc1)c1ccc(OCc2c(C)c(COc3ccc(C(O)(C#C)c4ccccc4)cc3)c(C)c(COc3ccc(C(O)(C#C)c4ccccc4)cc3)c2C)cc1. The van der Waals surface area contributed by atoms with Crippen molar-refractivity contribution >= 4 is 0 Å². The zero-order valence-corrected chi connectivity index (χ0v) is 35.5. The highest BCUT2D eigenvalue weighted by atomic mass is 16.5. The predicted octanol–water partition coefficient (Wildman–Crippen LogP) is 9.96. The third-order valence-corrected chi connectivity index (χ3v) is 11.9. The molecule has 6 heteroatoms. The van der Waals surface area contributed by atoms with Crippen LogP contribution in [0, 0.1) is 57.8 Å². The number of terminal acetylenes is 3. The van der Waals surface area contributed by atoms with Crippen molar-refractivity contribution in [2.24, 2.45) is 0 Å². The van der Waals surface area contributed by atoms with E-state index in [0.717, 1.165) is 33.4 Å². The summed E-state index contributed by atoms with van der Waals surface area (Å²) in [7, 11) is 0. The van der Waals surface area contributed by atoms with Crippen LogP contribution in [0.5, 0.6) is 17.2 Å². The molecule has 0 aliphatic rings. The lowest BCUT2D eigenvalue weighted by Gasteiger charge is -2.25. The second-order valence-electron chi connectivity index (χ2n) is 15.4. The molecule has 0 aliphatic carbocycles. The van der Waals surface area contributed by atoms with Crippen molar-refractivity contribution in [3.05, 3.63) is 231 Å². The molecular weight excluding hydrogens is 781 g/mol. The van der Waals surface area contributed by atoms with Gasteiger partial charge >= 0.3 is 0 Å². The van der Waals surface area contributed by atoms with Crippen molar-refractivity contribution in [2.75, 3.05) is 0 Å². The summed E-state index contributed by atoms with van der Waals surface area (Å²) in [4.78, 5) is 0. The molecule has 0 aliphatic heterocycles. The quantitative estimate of drug-likeness (QED) is 0.0893. The third-order valence-electron chi connectivity index (χ3n) is 11.9. The van der Waals surface area contributed by atoms with Crippen LogP contribution in [0.15, 0.2) is 164 Å². The van der Waals surface area contributed by atoms with Gasteiger partial charge in [0, 0.05) is 33.4 Å². The number of rotatable bonds is 15. The van der Waals surface area contributed by atoms with Crippen LogP contribution in [0.4, 0.5) is 0 Å². The molecule has 0 bridgehead atoms. The highest BCUT2D eigenvalue weighted by Crippen LogP contribution is 2.35. The van der Waals surface area contributed by atoms with Crippen LogP contribution in [0.2, 0.25) is 0 Å². The minimum Gasteiger partial charge on any atom is -0.489 e. The monoisotopic (exact) mass is 828 g/mol. The third kappa shape index (κ3) is 8.82. The molecule has 63 heavy (non-hydrogen) atoms. The molecule has 3 atom stereocenters. The fourth-order valence-electron chi connectivity index (χ4n) is 7.92. The molecule has 6 nitrogen and oxygen atoms in total. The van der Waals surface area contributed by atoms with E-state index in [1.54, 1.807) is 109 Å². The van der Waals surface area contributed by atoms with Crippen molar-refractivity contribution in [3.8, 4) is 54.3 Å². The lowest BCUT2D eigenvalue weighted by atomic mass is 9.87. The molecule has 7 rings (SSSR count). The molecule has 7 aromatic carbocycles. The maximum absolute atomic E-state index is 11.5. The molecule has 3 unspecified atom stereocenters. The highest BCUT2D eigenvalue weighted by molar-refractivity contribution is 5.52. The van der Waals surface area contributed by atoms with E-state index in [4.69, 9.17) is 33.5 Å². The first-order chi connectivity index (χ1) is 30.4. The van der Waals surface area contributed by atoms with E-state index in [0.29, 0.717) is 50.6 Å². The molecule has 0 amide bonds. The summed E-state index contributed by atoms with van der Waals surface area (Å²) in [6, 6.07) is 49.0. The molecule has 312 valence electrons. The molecule has 0 saturated carbocycles. The Morgan fingerprint density at radius 1 is 0.349 bits per heavy atom.